The van der Waals surface area contributed by atoms with Gasteiger partial charge in [-0.15, -0.1) is 0 Å². The number of rotatable bonds is 8. The molecule has 0 aliphatic heterocycles. The molecule has 1 heterocycles. The molecule has 0 aliphatic rings. The van der Waals surface area contributed by atoms with E-state index in [2.05, 4.69) is 31.7 Å². The number of aromatic nitrogens is 2. The highest BCUT2D eigenvalue weighted by Gasteiger charge is 2.08. The van der Waals surface area contributed by atoms with E-state index in [1.807, 2.05) is 24.3 Å². The third-order valence-corrected chi connectivity index (χ3v) is 3.89. The summed E-state index contributed by atoms with van der Waals surface area (Å²) in [5, 5.41) is 9.60. The van der Waals surface area contributed by atoms with E-state index in [1.54, 1.807) is 16.9 Å². The van der Waals surface area contributed by atoms with E-state index >= 15 is 0 Å². The first kappa shape index (κ1) is 18.0. The number of anilines is 1. The lowest BCUT2D eigenvalue weighted by atomic mass is 10.2. The van der Waals surface area contributed by atoms with Gasteiger partial charge in [0.2, 0.25) is 5.91 Å². The number of nitrogens with zero attached hydrogens (tertiary/aromatic N) is 2. The Morgan fingerprint density at radius 3 is 2.62 bits per heavy atom. The van der Waals surface area contributed by atoms with Crippen molar-refractivity contribution in [3.63, 3.8) is 0 Å². The lowest BCUT2D eigenvalue weighted by Gasteiger charge is -2.09. The molecule has 2 aromatic rings. The van der Waals surface area contributed by atoms with Crippen LogP contribution in [0.5, 0.6) is 0 Å². The van der Waals surface area contributed by atoms with Gasteiger partial charge in [0.25, 0.3) is 0 Å². The minimum absolute atomic E-state index is 0.0772. The van der Waals surface area contributed by atoms with E-state index in [0.717, 1.165) is 10.0 Å². The van der Waals surface area contributed by atoms with E-state index in [4.69, 9.17) is 5.73 Å². The molecule has 0 saturated heterocycles. The van der Waals surface area contributed by atoms with E-state index in [1.165, 1.54) is 0 Å². The van der Waals surface area contributed by atoms with Crippen LogP contribution >= 0.6 is 15.9 Å². The van der Waals surface area contributed by atoms with Crippen molar-refractivity contribution in [2.45, 2.75) is 25.8 Å². The fourth-order valence-electron chi connectivity index (χ4n) is 2.16. The van der Waals surface area contributed by atoms with Crippen LogP contribution in [0.15, 0.2) is 41.0 Å². The highest BCUT2D eigenvalue weighted by Crippen LogP contribution is 2.14. The minimum Gasteiger partial charge on any atom is -0.352 e. The van der Waals surface area contributed by atoms with Gasteiger partial charge in [0.15, 0.2) is 0 Å². The predicted octanol–water partition coefficient (Wildman–Crippen LogP) is 2.47. The highest BCUT2D eigenvalue weighted by atomic mass is 79.9. The summed E-state index contributed by atoms with van der Waals surface area (Å²) in [5.74, 6) is 0.588. The molecule has 0 aliphatic carbocycles. The van der Waals surface area contributed by atoms with Gasteiger partial charge in [-0.2, -0.15) is 5.10 Å². The number of nitrogens with one attached hydrogen (secondary N) is 2. The van der Waals surface area contributed by atoms with Crippen molar-refractivity contribution >= 4 is 33.7 Å². The highest BCUT2D eigenvalue weighted by molar-refractivity contribution is 9.10. The van der Waals surface area contributed by atoms with Crippen LogP contribution in [-0.4, -0.2) is 28.3 Å². The first-order valence-corrected chi connectivity index (χ1v) is 8.43. The molecule has 0 radical (unpaired) electrons. The van der Waals surface area contributed by atoms with Crippen molar-refractivity contribution in [1.82, 2.24) is 15.1 Å². The summed E-state index contributed by atoms with van der Waals surface area (Å²) < 4.78 is 2.77. The molecule has 1 aromatic heterocycles. The fraction of sp³-hybridized carbons (Fsp3) is 0.312. The maximum absolute atomic E-state index is 12.0. The molecule has 2 rings (SSSR count). The number of amides is 3. The third-order valence-electron chi connectivity index (χ3n) is 3.36. The van der Waals surface area contributed by atoms with Crippen molar-refractivity contribution in [3.8, 4) is 0 Å². The zero-order chi connectivity index (χ0) is 17.4. The topological polar surface area (TPSA) is 102 Å². The molecule has 4 N–H and O–H groups in total. The predicted molar refractivity (Wildman–Crippen MR) is 95.5 cm³/mol. The molecule has 0 fully saturated rings. The Morgan fingerprint density at radius 2 is 1.92 bits per heavy atom. The van der Waals surface area contributed by atoms with Gasteiger partial charge in [0.05, 0.1) is 12.7 Å². The zero-order valence-corrected chi connectivity index (χ0v) is 14.8. The molecule has 3 amide bonds. The standard InChI is InChI=1S/C16H20BrN5O2/c17-13-6-4-12(5-7-13)11-22-14(8-10-20-22)21-15(23)3-1-2-9-19-16(18)24/h4-8,10H,1-3,9,11H2,(H,21,23)(H3,18,19,24). The summed E-state index contributed by atoms with van der Waals surface area (Å²) in [6.45, 7) is 1.06. The number of hydrogen-bond acceptors (Lipinski definition) is 3. The van der Waals surface area contributed by atoms with Crippen LogP contribution in [0, 0.1) is 0 Å². The second kappa shape index (κ2) is 9.07. The number of primary amides is 1. The Bertz CT molecular complexity index is 684. The Balaban J connectivity index is 1.80. The van der Waals surface area contributed by atoms with Gasteiger partial charge >= 0.3 is 6.03 Å². The molecule has 0 atom stereocenters. The number of halogens is 1. The molecule has 0 unspecified atom stereocenters. The van der Waals surface area contributed by atoms with Gasteiger partial charge in [-0.1, -0.05) is 28.1 Å². The maximum atomic E-state index is 12.0. The van der Waals surface area contributed by atoms with E-state index in [0.29, 0.717) is 38.2 Å². The number of carbonyl (C=O) groups excluding carboxylic acids is 2. The molecule has 8 heteroatoms. The Hall–Kier alpha value is -2.35. The van der Waals surface area contributed by atoms with E-state index in [-0.39, 0.29) is 5.91 Å². The summed E-state index contributed by atoms with van der Waals surface area (Å²) in [6.07, 6.45) is 3.41. The molecule has 1 aromatic carbocycles. The minimum atomic E-state index is -0.545. The van der Waals surface area contributed by atoms with Gasteiger partial charge in [0.1, 0.15) is 5.82 Å². The first-order valence-electron chi connectivity index (χ1n) is 7.64. The van der Waals surface area contributed by atoms with Crippen LogP contribution in [0.3, 0.4) is 0 Å². The largest absolute Gasteiger partial charge is 0.352 e. The normalized spacial score (nSPS) is 10.4. The summed E-state index contributed by atoms with van der Waals surface area (Å²) >= 11 is 3.40. The Kier molecular flexibility index (Phi) is 6.80. The number of urea groups is 1. The van der Waals surface area contributed by atoms with E-state index in [9.17, 15) is 9.59 Å². The quantitative estimate of drug-likeness (QED) is 0.600. The van der Waals surface area contributed by atoms with Crippen molar-refractivity contribution in [2.75, 3.05) is 11.9 Å². The van der Waals surface area contributed by atoms with Crippen LogP contribution < -0.4 is 16.4 Å². The van der Waals surface area contributed by atoms with Crippen molar-refractivity contribution in [1.29, 1.82) is 0 Å². The Labute approximate surface area is 148 Å². The molecule has 0 saturated carbocycles. The van der Waals surface area contributed by atoms with Gasteiger partial charge in [-0.25, -0.2) is 9.48 Å². The van der Waals surface area contributed by atoms with Gasteiger partial charge in [-0.3, -0.25) is 4.79 Å². The number of unbranched alkanes of at least 4 members (excludes halogenated alkanes) is 1. The molecular formula is C16H20BrN5O2. The van der Waals surface area contributed by atoms with Crippen LogP contribution in [0.25, 0.3) is 0 Å². The van der Waals surface area contributed by atoms with Gasteiger partial charge in [0, 0.05) is 23.5 Å². The van der Waals surface area contributed by atoms with Crippen LogP contribution in [-0.2, 0) is 11.3 Å². The monoisotopic (exact) mass is 393 g/mol. The second-order valence-corrected chi connectivity index (χ2v) is 6.21. The molecule has 24 heavy (non-hydrogen) atoms. The summed E-state index contributed by atoms with van der Waals surface area (Å²) in [6, 6.07) is 9.17. The summed E-state index contributed by atoms with van der Waals surface area (Å²) in [7, 11) is 0. The zero-order valence-electron chi connectivity index (χ0n) is 13.2. The number of benzene rings is 1. The average molecular weight is 394 g/mol. The smallest absolute Gasteiger partial charge is 0.312 e. The molecule has 0 bridgehead atoms. The summed E-state index contributed by atoms with van der Waals surface area (Å²) in [4.78, 5) is 22.5. The molecule has 7 nitrogen and oxygen atoms in total. The lowest BCUT2D eigenvalue weighted by molar-refractivity contribution is -0.116. The van der Waals surface area contributed by atoms with Crippen LogP contribution in [0.2, 0.25) is 0 Å². The Morgan fingerprint density at radius 1 is 1.17 bits per heavy atom. The third kappa shape index (κ3) is 6.04. The molecule has 0 spiro atoms. The lowest BCUT2D eigenvalue weighted by Crippen LogP contribution is -2.30. The average Bonchev–Trinajstić information content (AvgIpc) is 2.96. The van der Waals surface area contributed by atoms with Crippen LogP contribution in [0.4, 0.5) is 10.6 Å². The van der Waals surface area contributed by atoms with Crippen molar-refractivity contribution < 1.29 is 9.59 Å². The molecular weight excluding hydrogens is 374 g/mol. The fourth-order valence-corrected chi connectivity index (χ4v) is 2.42. The molecule has 128 valence electrons. The number of carbonyl (C=O) groups is 2. The van der Waals surface area contributed by atoms with Crippen molar-refractivity contribution in [3.05, 3.63) is 46.6 Å². The maximum Gasteiger partial charge on any atom is 0.312 e. The van der Waals surface area contributed by atoms with E-state index < -0.39 is 6.03 Å². The first-order chi connectivity index (χ1) is 11.5. The van der Waals surface area contributed by atoms with Gasteiger partial charge < -0.3 is 16.4 Å². The second-order valence-electron chi connectivity index (χ2n) is 5.30. The number of nitrogens with two attached hydrogens (primary N) is 1. The van der Waals surface area contributed by atoms with Gasteiger partial charge in [-0.05, 0) is 30.5 Å². The number of hydrogen-bond donors (Lipinski definition) is 3. The van der Waals surface area contributed by atoms with Crippen LogP contribution in [0.1, 0.15) is 24.8 Å². The summed E-state index contributed by atoms with van der Waals surface area (Å²) in [5.41, 5.74) is 6.06. The van der Waals surface area contributed by atoms with Crippen molar-refractivity contribution in [2.24, 2.45) is 5.73 Å². The SMILES string of the molecule is NC(=O)NCCCCC(=O)Nc1ccnn1Cc1ccc(Br)cc1.